The summed E-state index contributed by atoms with van der Waals surface area (Å²) in [4.78, 5) is 24.9. The van der Waals surface area contributed by atoms with Crippen LogP contribution in [-0.2, 0) is 11.3 Å². The summed E-state index contributed by atoms with van der Waals surface area (Å²) in [7, 11) is 0. The fraction of sp³-hybridized carbons (Fsp3) is 0.182. The molecule has 0 bridgehead atoms. The predicted molar refractivity (Wildman–Crippen MR) is 128 cm³/mol. The molecule has 0 aliphatic carbocycles. The van der Waals surface area contributed by atoms with Crippen molar-refractivity contribution in [2.24, 2.45) is 0 Å². The standard InChI is InChI=1S/C22H21Cl2N5O2S/c1-3-11-29-20(14(2)25-21(31)17-10-9-15(23)12-18(17)24)27-28-22(29)32-13-19(30)26-16-7-5-4-6-8-16/h3-10,12,14H,1,11,13H2,2H3,(H,25,31)(H,26,30)/t14-/m1/s1. The number of carbonyl (C=O) groups excluding carboxylic acids is 2. The lowest BCUT2D eigenvalue weighted by Crippen LogP contribution is -2.29. The SMILES string of the molecule is C=CCn1c(SCC(=O)Nc2ccccc2)nnc1[C@@H](C)NC(=O)c1ccc(Cl)cc1Cl. The Kier molecular flexibility index (Phi) is 8.33. The maximum atomic E-state index is 12.7. The molecule has 7 nitrogen and oxygen atoms in total. The van der Waals surface area contributed by atoms with E-state index in [0.29, 0.717) is 28.1 Å². The van der Waals surface area contributed by atoms with Crippen molar-refractivity contribution in [1.29, 1.82) is 0 Å². The molecule has 2 N–H and O–H groups in total. The number of halogens is 2. The molecule has 1 aromatic heterocycles. The molecule has 3 rings (SSSR count). The van der Waals surface area contributed by atoms with E-state index >= 15 is 0 Å². The Bertz CT molecular complexity index is 1120. The van der Waals surface area contributed by atoms with Gasteiger partial charge >= 0.3 is 0 Å². The highest BCUT2D eigenvalue weighted by atomic mass is 35.5. The Balaban J connectivity index is 1.68. The first-order valence-electron chi connectivity index (χ1n) is 9.66. The maximum absolute atomic E-state index is 12.7. The van der Waals surface area contributed by atoms with E-state index in [-0.39, 0.29) is 22.6 Å². The zero-order valence-corrected chi connectivity index (χ0v) is 19.5. The van der Waals surface area contributed by atoms with Crippen molar-refractivity contribution >= 4 is 52.5 Å². The molecule has 0 spiro atoms. The van der Waals surface area contributed by atoms with Crippen LogP contribution in [0.5, 0.6) is 0 Å². The van der Waals surface area contributed by atoms with Gasteiger partial charge in [-0.05, 0) is 37.3 Å². The van der Waals surface area contributed by atoms with Crippen LogP contribution in [-0.4, -0.2) is 32.3 Å². The van der Waals surface area contributed by atoms with E-state index in [2.05, 4.69) is 27.4 Å². The molecule has 0 aliphatic heterocycles. The van der Waals surface area contributed by atoms with Crippen molar-refractivity contribution in [2.45, 2.75) is 24.7 Å². The monoisotopic (exact) mass is 489 g/mol. The van der Waals surface area contributed by atoms with Crippen molar-refractivity contribution in [2.75, 3.05) is 11.1 Å². The van der Waals surface area contributed by atoms with Gasteiger partial charge in [-0.25, -0.2) is 0 Å². The van der Waals surface area contributed by atoms with Crippen LogP contribution in [0.25, 0.3) is 0 Å². The molecular formula is C22H21Cl2N5O2S. The van der Waals surface area contributed by atoms with Crippen molar-refractivity contribution in [3.63, 3.8) is 0 Å². The zero-order chi connectivity index (χ0) is 23.1. The van der Waals surface area contributed by atoms with Gasteiger partial charge in [0.1, 0.15) is 0 Å². The molecule has 10 heteroatoms. The molecule has 1 atom stereocenters. The molecule has 2 amide bonds. The van der Waals surface area contributed by atoms with E-state index in [1.807, 2.05) is 34.9 Å². The van der Waals surface area contributed by atoms with Crippen molar-refractivity contribution in [3.8, 4) is 0 Å². The minimum Gasteiger partial charge on any atom is -0.342 e. The first-order chi connectivity index (χ1) is 15.4. The van der Waals surface area contributed by atoms with Gasteiger partial charge in [0.2, 0.25) is 5.91 Å². The highest BCUT2D eigenvalue weighted by Crippen LogP contribution is 2.24. The topological polar surface area (TPSA) is 88.9 Å². The fourth-order valence-corrected chi connectivity index (χ4v) is 4.14. The number of amides is 2. The Hall–Kier alpha value is -2.81. The second-order valence-corrected chi connectivity index (χ2v) is 8.55. The Labute approximate surface area is 200 Å². The lowest BCUT2D eigenvalue weighted by molar-refractivity contribution is -0.113. The van der Waals surface area contributed by atoms with Gasteiger partial charge in [-0.1, -0.05) is 59.2 Å². The summed E-state index contributed by atoms with van der Waals surface area (Å²) in [6, 6.07) is 13.4. The Morgan fingerprint density at radius 3 is 2.62 bits per heavy atom. The molecule has 0 radical (unpaired) electrons. The lowest BCUT2D eigenvalue weighted by Gasteiger charge is -2.16. The first kappa shape index (κ1) is 23.8. The molecular weight excluding hydrogens is 469 g/mol. The molecule has 0 aliphatic rings. The van der Waals surface area contributed by atoms with Crippen molar-refractivity contribution < 1.29 is 9.59 Å². The molecule has 0 unspecified atom stereocenters. The third-order valence-electron chi connectivity index (χ3n) is 4.36. The largest absolute Gasteiger partial charge is 0.342 e. The summed E-state index contributed by atoms with van der Waals surface area (Å²) in [5.41, 5.74) is 1.04. The van der Waals surface area contributed by atoms with Crippen LogP contribution >= 0.6 is 35.0 Å². The van der Waals surface area contributed by atoms with E-state index in [9.17, 15) is 9.59 Å². The summed E-state index contributed by atoms with van der Waals surface area (Å²) in [5, 5.41) is 15.4. The van der Waals surface area contributed by atoms with Crippen molar-refractivity contribution in [3.05, 3.63) is 82.6 Å². The Morgan fingerprint density at radius 2 is 1.94 bits per heavy atom. The molecule has 0 saturated carbocycles. The number of anilines is 1. The van der Waals surface area contributed by atoms with Crippen LogP contribution in [0.15, 0.2) is 66.3 Å². The number of thioether (sulfide) groups is 1. The number of allylic oxidation sites excluding steroid dienone is 1. The minimum absolute atomic E-state index is 0.158. The van der Waals surface area contributed by atoms with Gasteiger partial charge in [-0.15, -0.1) is 16.8 Å². The third-order valence-corrected chi connectivity index (χ3v) is 5.87. The second kappa shape index (κ2) is 11.2. The van der Waals surface area contributed by atoms with Crippen LogP contribution in [0.3, 0.4) is 0 Å². The summed E-state index contributed by atoms with van der Waals surface area (Å²) >= 11 is 13.3. The molecule has 32 heavy (non-hydrogen) atoms. The van der Waals surface area contributed by atoms with E-state index < -0.39 is 6.04 Å². The van der Waals surface area contributed by atoms with Crippen LogP contribution < -0.4 is 10.6 Å². The van der Waals surface area contributed by atoms with Gasteiger partial charge < -0.3 is 15.2 Å². The number of rotatable bonds is 9. The van der Waals surface area contributed by atoms with Gasteiger partial charge in [0.25, 0.3) is 5.91 Å². The van der Waals surface area contributed by atoms with Crippen LogP contribution in [0.1, 0.15) is 29.1 Å². The lowest BCUT2D eigenvalue weighted by atomic mass is 10.2. The summed E-state index contributed by atoms with van der Waals surface area (Å²) in [5.74, 6) is 0.179. The average molecular weight is 490 g/mol. The van der Waals surface area contributed by atoms with Gasteiger partial charge in [0, 0.05) is 17.3 Å². The van der Waals surface area contributed by atoms with E-state index in [0.717, 1.165) is 5.69 Å². The van der Waals surface area contributed by atoms with Crippen molar-refractivity contribution in [1.82, 2.24) is 20.1 Å². The number of carbonyl (C=O) groups is 2. The Morgan fingerprint density at radius 1 is 1.19 bits per heavy atom. The summed E-state index contributed by atoms with van der Waals surface area (Å²) < 4.78 is 1.81. The first-order valence-corrected chi connectivity index (χ1v) is 11.4. The highest BCUT2D eigenvalue weighted by Gasteiger charge is 2.21. The zero-order valence-electron chi connectivity index (χ0n) is 17.2. The summed E-state index contributed by atoms with van der Waals surface area (Å²) in [6.45, 7) is 5.99. The number of nitrogens with one attached hydrogen (secondary N) is 2. The van der Waals surface area contributed by atoms with Crippen LogP contribution in [0, 0.1) is 0 Å². The number of benzene rings is 2. The number of hydrogen-bond acceptors (Lipinski definition) is 5. The molecule has 0 saturated heterocycles. The van der Waals surface area contributed by atoms with E-state index in [1.165, 1.54) is 17.8 Å². The van der Waals surface area contributed by atoms with Crippen LogP contribution in [0.2, 0.25) is 10.0 Å². The van der Waals surface area contributed by atoms with E-state index in [1.54, 1.807) is 25.1 Å². The minimum atomic E-state index is -0.464. The highest BCUT2D eigenvalue weighted by molar-refractivity contribution is 7.99. The molecule has 3 aromatic rings. The normalized spacial score (nSPS) is 11.6. The quantitative estimate of drug-likeness (QED) is 0.326. The smallest absolute Gasteiger partial charge is 0.253 e. The second-order valence-electron chi connectivity index (χ2n) is 6.76. The van der Waals surface area contributed by atoms with Gasteiger partial charge in [-0.3, -0.25) is 9.59 Å². The molecule has 0 fully saturated rings. The maximum Gasteiger partial charge on any atom is 0.253 e. The predicted octanol–water partition coefficient (Wildman–Crippen LogP) is 4.99. The van der Waals surface area contributed by atoms with Gasteiger partial charge in [0.15, 0.2) is 11.0 Å². The molecule has 2 aromatic carbocycles. The number of nitrogens with zero attached hydrogens (tertiary/aromatic N) is 3. The molecule has 166 valence electrons. The molecule has 1 heterocycles. The number of para-hydroxylation sites is 1. The van der Waals surface area contributed by atoms with Gasteiger partial charge in [-0.2, -0.15) is 0 Å². The van der Waals surface area contributed by atoms with Crippen LogP contribution in [0.4, 0.5) is 5.69 Å². The number of aromatic nitrogens is 3. The average Bonchev–Trinajstić information content (AvgIpc) is 3.16. The van der Waals surface area contributed by atoms with E-state index in [4.69, 9.17) is 23.2 Å². The van der Waals surface area contributed by atoms with Gasteiger partial charge in [0.05, 0.1) is 22.4 Å². The fourth-order valence-electron chi connectivity index (χ4n) is 2.89. The summed E-state index contributed by atoms with van der Waals surface area (Å²) in [6.07, 6.45) is 1.70. The third kappa shape index (κ3) is 6.12. The number of hydrogen-bond donors (Lipinski definition) is 2.